The van der Waals surface area contributed by atoms with Gasteiger partial charge in [0.25, 0.3) is 5.69 Å². The van der Waals surface area contributed by atoms with E-state index in [0.29, 0.717) is 19.3 Å². The number of carbonyl (C=O) groups excluding carboxylic acids is 3. The van der Waals surface area contributed by atoms with Crippen molar-refractivity contribution in [1.29, 1.82) is 0 Å². The van der Waals surface area contributed by atoms with Gasteiger partial charge in [-0.1, -0.05) is 30.9 Å². The number of rotatable bonds is 11. The van der Waals surface area contributed by atoms with Crippen LogP contribution >= 0.6 is 11.6 Å². The molecule has 1 amide bonds. The lowest BCUT2D eigenvalue weighted by atomic mass is 9.94. The molecule has 2 rings (SSSR count). The highest BCUT2D eigenvalue weighted by molar-refractivity contribution is 6.34. The van der Waals surface area contributed by atoms with Gasteiger partial charge in [0, 0.05) is 25.5 Å². The highest BCUT2D eigenvalue weighted by Gasteiger charge is 2.25. The summed E-state index contributed by atoms with van der Waals surface area (Å²) >= 11 is 6.06. The minimum atomic E-state index is -0.687. The number of esters is 1. The molecule has 9 nitrogen and oxygen atoms in total. The van der Waals surface area contributed by atoms with Gasteiger partial charge in [-0.25, -0.2) is 0 Å². The van der Waals surface area contributed by atoms with Crippen LogP contribution in [0, 0.1) is 10.1 Å². The number of ether oxygens (including phenoxy) is 2. The smallest absolute Gasteiger partial charge is 0.302 e. The molecule has 0 atom stereocenters. The summed E-state index contributed by atoms with van der Waals surface area (Å²) in [6.45, 7) is 2.02. The molecule has 1 aromatic rings. The first kappa shape index (κ1) is 24.6. The largest absolute Gasteiger partial charge is 0.492 e. The van der Waals surface area contributed by atoms with E-state index in [9.17, 15) is 24.5 Å². The Morgan fingerprint density at radius 1 is 1.26 bits per heavy atom. The zero-order chi connectivity index (χ0) is 22.8. The minimum absolute atomic E-state index is 0.0361. The van der Waals surface area contributed by atoms with E-state index >= 15 is 0 Å². The topological polar surface area (TPSA) is 116 Å². The van der Waals surface area contributed by atoms with Crippen molar-refractivity contribution in [1.82, 2.24) is 4.90 Å². The van der Waals surface area contributed by atoms with Crippen LogP contribution in [0.5, 0.6) is 5.75 Å². The van der Waals surface area contributed by atoms with Crippen molar-refractivity contribution in [2.75, 3.05) is 19.8 Å². The average molecular weight is 455 g/mol. The van der Waals surface area contributed by atoms with E-state index in [2.05, 4.69) is 0 Å². The van der Waals surface area contributed by atoms with Gasteiger partial charge in [-0.05, 0) is 25.3 Å². The van der Waals surface area contributed by atoms with Crippen LogP contribution in [0.1, 0.15) is 62.2 Å². The number of nitrogens with zero attached hydrogens (tertiary/aromatic N) is 2. The fourth-order valence-electron chi connectivity index (χ4n) is 3.69. The SMILES string of the molecule is CC(=O)OCCN(C(=O)CCCOc1ccc([N+](=O)[O-])c(C=O)c1Cl)C1CCCCC1. The van der Waals surface area contributed by atoms with E-state index in [-0.39, 0.29) is 53.9 Å². The zero-order valence-electron chi connectivity index (χ0n) is 17.5. The Morgan fingerprint density at radius 2 is 1.97 bits per heavy atom. The predicted molar refractivity (Wildman–Crippen MR) is 113 cm³/mol. The molecule has 1 aliphatic carbocycles. The minimum Gasteiger partial charge on any atom is -0.492 e. The molecular weight excluding hydrogens is 428 g/mol. The lowest BCUT2D eigenvalue weighted by Gasteiger charge is -2.34. The second kappa shape index (κ2) is 12.2. The van der Waals surface area contributed by atoms with E-state index in [1.54, 1.807) is 4.90 Å². The molecule has 0 bridgehead atoms. The van der Waals surface area contributed by atoms with Crippen LogP contribution in [-0.2, 0) is 14.3 Å². The third-order valence-corrected chi connectivity index (χ3v) is 5.59. The molecule has 0 aromatic heterocycles. The number of hydrogen-bond donors (Lipinski definition) is 0. The van der Waals surface area contributed by atoms with Crippen LogP contribution in [0.3, 0.4) is 0 Å². The van der Waals surface area contributed by atoms with Crippen LogP contribution in [0.2, 0.25) is 5.02 Å². The maximum absolute atomic E-state index is 12.8. The van der Waals surface area contributed by atoms with Crippen molar-refractivity contribution in [3.05, 3.63) is 32.8 Å². The van der Waals surface area contributed by atoms with Gasteiger partial charge in [0.15, 0.2) is 6.29 Å². The molecule has 1 aliphatic rings. The average Bonchev–Trinajstić information content (AvgIpc) is 2.75. The molecule has 31 heavy (non-hydrogen) atoms. The van der Waals surface area contributed by atoms with E-state index in [4.69, 9.17) is 21.1 Å². The summed E-state index contributed by atoms with van der Waals surface area (Å²) < 4.78 is 10.6. The van der Waals surface area contributed by atoms with Crippen LogP contribution in [0.25, 0.3) is 0 Å². The van der Waals surface area contributed by atoms with Gasteiger partial charge in [-0.15, -0.1) is 0 Å². The third-order valence-electron chi connectivity index (χ3n) is 5.20. The van der Waals surface area contributed by atoms with Crippen molar-refractivity contribution in [2.24, 2.45) is 0 Å². The van der Waals surface area contributed by atoms with Gasteiger partial charge >= 0.3 is 5.97 Å². The van der Waals surface area contributed by atoms with Crippen LogP contribution in [0.4, 0.5) is 5.69 Å². The van der Waals surface area contributed by atoms with Gasteiger partial charge < -0.3 is 14.4 Å². The molecule has 0 unspecified atom stereocenters. The standard InChI is InChI=1S/C21H27ClN2O7/c1-15(26)30-13-11-23(16-6-3-2-4-7-16)20(27)8-5-12-31-19-10-9-18(24(28)29)17(14-25)21(19)22/h9-10,14,16H,2-8,11-13H2,1H3. The monoisotopic (exact) mass is 454 g/mol. The van der Waals surface area contributed by atoms with Gasteiger partial charge in [0.05, 0.1) is 18.1 Å². The van der Waals surface area contributed by atoms with Gasteiger partial charge in [-0.3, -0.25) is 24.5 Å². The second-order valence-electron chi connectivity index (χ2n) is 7.36. The summed E-state index contributed by atoms with van der Waals surface area (Å²) in [5, 5.41) is 10.8. The molecule has 0 aliphatic heterocycles. The Bertz CT molecular complexity index is 809. The van der Waals surface area contributed by atoms with Crippen molar-refractivity contribution >= 4 is 35.5 Å². The Hall–Kier alpha value is -2.68. The number of nitro groups is 1. The Kier molecular flexibility index (Phi) is 9.71. The van der Waals surface area contributed by atoms with Crippen LogP contribution < -0.4 is 4.74 Å². The molecule has 170 valence electrons. The predicted octanol–water partition coefficient (Wildman–Crippen LogP) is 3.94. The third kappa shape index (κ3) is 7.20. The maximum Gasteiger partial charge on any atom is 0.302 e. The van der Waals surface area contributed by atoms with Gasteiger partial charge in [-0.2, -0.15) is 0 Å². The summed E-state index contributed by atoms with van der Waals surface area (Å²) in [6.07, 6.45) is 6.15. The molecule has 1 saturated carbocycles. The van der Waals surface area contributed by atoms with Gasteiger partial charge in [0.1, 0.15) is 22.9 Å². The van der Waals surface area contributed by atoms with E-state index in [0.717, 1.165) is 38.2 Å². The molecule has 1 aromatic carbocycles. The molecular formula is C21H27ClN2O7. The summed E-state index contributed by atoms with van der Waals surface area (Å²) in [4.78, 5) is 47.1. The molecule has 0 radical (unpaired) electrons. The summed E-state index contributed by atoms with van der Waals surface area (Å²) in [5.74, 6) is -0.258. The van der Waals surface area contributed by atoms with E-state index in [1.807, 2.05) is 0 Å². The van der Waals surface area contributed by atoms with E-state index in [1.165, 1.54) is 13.0 Å². The highest BCUT2D eigenvalue weighted by Crippen LogP contribution is 2.33. The lowest BCUT2D eigenvalue weighted by molar-refractivity contribution is -0.385. The van der Waals surface area contributed by atoms with Crippen molar-refractivity contribution < 1.29 is 28.8 Å². The Morgan fingerprint density at radius 3 is 2.58 bits per heavy atom. The fraction of sp³-hybridized carbons (Fsp3) is 0.571. The van der Waals surface area contributed by atoms with Crippen LogP contribution in [0.15, 0.2) is 12.1 Å². The van der Waals surface area contributed by atoms with Crippen molar-refractivity contribution in [3.63, 3.8) is 0 Å². The number of aldehydes is 1. The normalized spacial score (nSPS) is 14.0. The number of carbonyl (C=O) groups is 3. The first-order chi connectivity index (χ1) is 14.8. The first-order valence-electron chi connectivity index (χ1n) is 10.3. The number of halogens is 1. The summed E-state index contributed by atoms with van der Waals surface area (Å²) in [5.41, 5.74) is -0.632. The lowest BCUT2D eigenvalue weighted by Crippen LogP contribution is -2.43. The van der Waals surface area contributed by atoms with Crippen molar-refractivity contribution in [3.8, 4) is 5.75 Å². The number of nitro benzene ring substituents is 1. The quantitative estimate of drug-likeness (QED) is 0.163. The maximum atomic E-state index is 12.8. The number of amides is 1. The first-order valence-corrected chi connectivity index (χ1v) is 10.7. The molecule has 0 N–H and O–H groups in total. The van der Waals surface area contributed by atoms with Crippen LogP contribution in [-0.4, -0.2) is 53.8 Å². The second-order valence-corrected chi connectivity index (χ2v) is 7.73. The fourth-order valence-corrected chi connectivity index (χ4v) is 3.94. The van der Waals surface area contributed by atoms with Crippen molar-refractivity contribution in [2.45, 2.75) is 57.9 Å². The summed E-state index contributed by atoms with van der Waals surface area (Å²) in [7, 11) is 0. The Labute approximate surface area is 185 Å². The zero-order valence-corrected chi connectivity index (χ0v) is 18.3. The summed E-state index contributed by atoms with van der Waals surface area (Å²) in [6, 6.07) is 2.65. The molecule has 1 fully saturated rings. The number of benzene rings is 1. The molecule has 0 spiro atoms. The molecule has 0 heterocycles. The van der Waals surface area contributed by atoms with Gasteiger partial charge in [0.2, 0.25) is 5.91 Å². The van der Waals surface area contributed by atoms with E-state index < -0.39 is 10.6 Å². The Balaban J connectivity index is 1.91. The molecule has 0 saturated heterocycles. The molecule has 10 heteroatoms. The number of hydrogen-bond acceptors (Lipinski definition) is 7. The highest BCUT2D eigenvalue weighted by atomic mass is 35.5.